The maximum absolute atomic E-state index is 12.2. The number of nitrogens with zero attached hydrogens (tertiary/aromatic N) is 3. The van der Waals surface area contributed by atoms with Crippen molar-refractivity contribution in [2.24, 2.45) is 5.92 Å². The van der Waals surface area contributed by atoms with Gasteiger partial charge in [0.2, 0.25) is 0 Å². The number of hydrogen-bond donors (Lipinski definition) is 1. The van der Waals surface area contributed by atoms with Crippen LogP contribution in [0.3, 0.4) is 0 Å². The molecular weight excluding hydrogens is 280 g/mol. The average molecular weight is 294 g/mol. The van der Waals surface area contributed by atoms with E-state index < -0.39 is 39.9 Å². The topological polar surface area (TPSA) is 119 Å². The van der Waals surface area contributed by atoms with E-state index in [2.05, 4.69) is 5.32 Å². The van der Waals surface area contributed by atoms with Crippen LogP contribution in [0.2, 0.25) is 0 Å². The van der Waals surface area contributed by atoms with E-state index in [1.54, 1.807) is 6.08 Å². The summed E-state index contributed by atoms with van der Waals surface area (Å²) in [6, 6.07) is -2.82. The lowest BCUT2D eigenvalue weighted by molar-refractivity contribution is -0.577. The second kappa shape index (κ2) is 4.54. The first kappa shape index (κ1) is 13.5. The summed E-state index contributed by atoms with van der Waals surface area (Å²) in [5, 5.41) is 25.8. The zero-order chi connectivity index (χ0) is 15.3. The average Bonchev–Trinajstić information content (AvgIpc) is 2.44. The van der Waals surface area contributed by atoms with Gasteiger partial charge in [-0.1, -0.05) is 12.2 Å². The monoisotopic (exact) mass is 294 g/mol. The van der Waals surface area contributed by atoms with Crippen LogP contribution in [0, 0.1) is 26.1 Å². The Balaban J connectivity index is 2.18. The molecule has 1 saturated heterocycles. The van der Waals surface area contributed by atoms with Crippen LogP contribution in [0.5, 0.6) is 0 Å². The molecule has 4 atom stereocenters. The van der Waals surface area contributed by atoms with Crippen LogP contribution >= 0.6 is 0 Å². The van der Waals surface area contributed by atoms with Gasteiger partial charge < -0.3 is 10.2 Å². The zero-order valence-corrected chi connectivity index (χ0v) is 11.3. The first-order chi connectivity index (χ1) is 9.93. The van der Waals surface area contributed by atoms with Crippen molar-refractivity contribution in [3.8, 4) is 0 Å². The molecular formula is C12H14N4O5. The SMILES string of the molecule is CN1C(=O)C([N+](=O)[O-])C2C3=C(CCC=C3)NC1C2[N+](=O)[O-]. The Labute approximate surface area is 119 Å². The van der Waals surface area contributed by atoms with Gasteiger partial charge in [-0.05, 0) is 18.4 Å². The van der Waals surface area contributed by atoms with Crippen molar-refractivity contribution in [2.75, 3.05) is 7.05 Å². The van der Waals surface area contributed by atoms with Crippen LogP contribution in [-0.4, -0.2) is 46.0 Å². The van der Waals surface area contributed by atoms with E-state index in [0.29, 0.717) is 12.0 Å². The molecule has 2 aliphatic heterocycles. The van der Waals surface area contributed by atoms with Crippen LogP contribution in [0.15, 0.2) is 23.4 Å². The van der Waals surface area contributed by atoms with Gasteiger partial charge >= 0.3 is 6.04 Å². The smallest absolute Gasteiger partial charge is 0.303 e. The number of allylic oxidation sites excluding steroid dienone is 3. The first-order valence-electron chi connectivity index (χ1n) is 6.63. The largest absolute Gasteiger partial charge is 0.363 e. The Morgan fingerprint density at radius 1 is 1.33 bits per heavy atom. The Morgan fingerprint density at radius 3 is 2.67 bits per heavy atom. The molecule has 0 aromatic carbocycles. The van der Waals surface area contributed by atoms with Crippen LogP contribution in [0.4, 0.5) is 0 Å². The van der Waals surface area contributed by atoms with Crippen molar-refractivity contribution < 1.29 is 14.6 Å². The number of nitro groups is 2. The molecule has 0 aromatic heterocycles. The summed E-state index contributed by atoms with van der Waals surface area (Å²) in [6.07, 6.45) is 4.10. The normalized spacial score (nSPS) is 34.3. The third-order valence-electron chi connectivity index (χ3n) is 4.41. The predicted octanol–water partition coefficient (Wildman–Crippen LogP) is -0.101. The highest BCUT2D eigenvalue weighted by Gasteiger charge is 2.63. The summed E-state index contributed by atoms with van der Waals surface area (Å²) in [6.45, 7) is 0. The molecule has 0 saturated carbocycles. The van der Waals surface area contributed by atoms with Crippen molar-refractivity contribution in [3.63, 3.8) is 0 Å². The van der Waals surface area contributed by atoms with Gasteiger partial charge in [0.1, 0.15) is 5.92 Å². The quantitative estimate of drug-likeness (QED) is 0.561. The fraction of sp³-hybridized carbons (Fsp3) is 0.583. The minimum Gasteiger partial charge on any atom is -0.363 e. The highest BCUT2D eigenvalue weighted by Crippen LogP contribution is 2.40. The number of piperidine rings is 1. The molecule has 1 fully saturated rings. The number of fused-ring (bicyclic) bond motifs is 3. The molecule has 1 amide bonds. The van der Waals surface area contributed by atoms with Crippen molar-refractivity contribution in [3.05, 3.63) is 43.7 Å². The van der Waals surface area contributed by atoms with E-state index in [4.69, 9.17) is 0 Å². The van der Waals surface area contributed by atoms with Gasteiger partial charge in [0.15, 0.2) is 6.17 Å². The number of amides is 1. The van der Waals surface area contributed by atoms with Crippen molar-refractivity contribution >= 4 is 5.91 Å². The van der Waals surface area contributed by atoms with E-state index in [-0.39, 0.29) is 0 Å². The Kier molecular flexibility index (Phi) is 2.92. The van der Waals surface area contributed by atoms with Crippen molar-refractivity contribution in [1.29, 1.82) is 0 Å². The molecule has 9 nitrogen and oxygen atoms in total. The number of likely N-dealkylation sites (tertiary alicyclic amines) is 1. The fourth-order valence-electron chi connectivity index (χ4n) is 3.44. The lowest BCUT2D eigenvalue weighted by Gasteiger charge is -2.45. The third-order valence-corrected chi connectivity index (χ3v) is 4.41. The molecule has 0 aromatic rings. The highest BCUT2D eigenvalue weighted by molar-refractivity contribution is 5.83. The first-order valence-corrected chi connectivity index (χ1v) is 6.63. The molecule has 3 rings (SSSR count). The van der Waals surface area contributed by atoms with E-state index >= 15 is 0 Å². The second-order valence-electron chi connectivity index (χ2n) is 5.45. The Bertz CT molecular complexity index is 598. The van der Waals surface area contributed by atoms with Gasteiger partial charge in [-0.3, -0.25) is 25.0 Å². The van der Waals surface area contributed by atoms with Gasteiger partial charge in [0.05, 0.1) is 0 Å². The molecule has 2 heterocycles. The Morgan fingerprint density at radius 2 is 2.05 bits per heavy atom. The van der Waals surface area contributed by atoms with Gasteiger partial charge in [0.25, 0.3) is 11.9 Å². The molecule has 9 heteroatoms. The molecule has 4 unspecified atom stereocenters. The number of likely N-dealkylation sites (N-methyl/N-ethyl adjacent to an activating group) is 1. The van der Waals surface area contributed by atoms with Gasteiger partial charge in [-0.25, -0.2) is 0 Å². The van der Waals surface area contributed by atoms with Gasteiger partial charge in [-0.2, -0.15) is 0 Å². The Hall–Kier alpha value is -2.45. The lowest BCUT2D eigenvalue weighted by atomic mass is 9.74. The number of nitrogens with one attached hydrogen (secondary N) is 1. The molecule has 21 heavy (non-hydrogen) atoms. The molecule has 2 bridgehead atoms. The number of rotatable bonds is 2. The number of hydrogen-bond acceptors (Lipinski definition) is 6. The number of carbonyl (C=O) groups is 1. The van der Waals surface area contributed by atoms with Gasteiger partial charge in [-0.15, -0.1) is 0 Å². The maximum Gasteiger partial charge on any atom is 0.303 e. The lowest BCUT2D eigenvalue weighted by Crippen LogP contribution is -2.71. The van der Waals surface area contributed by atoms with Crippen LogP contribution in [0.1, 0.15) is 12.8 Å². The van der Waals surface area contributed by atoms with E-state index in [9.17, 15) is 25.0 Å². The molecule has 3 aliphatic rings. The predicted molar refractivity (Wildman–Crippen MR) is 70.1 cm³/mol. The minimum atomic E-state index is -1.60. The summed E-state index contributed by atoms with van der Waals surface area (Å²) in [7, 11) is 1.37. The minimum absolute atomic E-state index is 0.520. The third kappa shape index (κ3) is 1.80. The molecule has 1 N–H and O–H groups in total. The van der Waals surface area contributed by atoms with E-state index in [0.717, 1.165) is 17.0 Å². The second-order valence-corrected chi connectivity index (χ2v) is 5.45. The van der Waals surface area contributed by atoms with Crippen LogP contribution in [-0.2, 0) is 4.79 Å². The molecule has 0 radical (unpaired) electrons. The van der Waals surface area contributed by atoms with E-state index in [1.165, 1.54) is 7.05 Å². The fourth-order valence-corrected chi connectivity index (χ4v) is 3.44. The van der Waals surface area contributed by atoms with Crippen molar-refractivity contribution in [1.82, 2.24) is 10.2 Å². The molecule has 112 valence electrons. The summed E-state index contributed by atoms with van der Waals surface area (Å²) >= 11 is 0. The highest BCUT2D eigenvalue weighted by atomic mass is 16.6. The van der Waals surface area contributed by atoms with Crippen molar-refractivity contribution in [2.45, 2.75) is 31.1 Å². The van der Waals surface area contributed by atoms with E-state index in [1.807, 2.05) is 6.08 Å². The molecule has 1 aliphatic carbocycles. The number of carbonyl (C=O) groups excluding carboxylic acids is 1. The maximum atomic E-state index is 12.2. The summed E-state index contributed by atoms with van der Waals surface area (Å²) in [5.41, 5.74) is 1.30. The van der Waals surface area contributed by atoms with Crippen LogP contribution in [0.25, 0.3) is 0 Å². The summed E-state index contributed by atoms with van der Waals surface area (Å²) in [5.74, 6) is -1.71. The zero-order valence-electron chi connectivity index (χ0n) is 11.3. The summed E-state index contributed by atoms with van der Waals surface area (Å²) in [4.78, 5) is 34.8. The molecule has 0 spiro atoms. The van der Waals surface area contributed by atoms with Crippen LogP contribution < -0.4 is 5.32 Å². The van der Waals surface area contributed by atoms with Gasteiger partial charge in [0, 0.05) is 22.6 Å². The standard InChI is InChI=1S/C12H14N4O5/c1-14-11-9(15(18)19)8(10(12(14)17)16(20)21)6-4-2-3-5-7(6)13-11/h2,4,8-11,13H,3,5H2,1H3. The summed E-state index contributed by atoms with van der Waals surface area (Å²) < 4.78 is 0.